The summed E-state index contributed by atoms with van der Waals surface area (Å²) in [6, 6.07) is 17.5. The standard InChI is InChI=1S/C31H30F3NO6/c1-30(2,3)23-13-11-20(12-14-23)26(36)18-25(28(39)22-5-4-6-24(17-22)41-31(32,33)34)19-7-9-21(10-8-19)29(40)35-16-15-27(37)38/h4-14,17,25H,15-16,18H2,1-3H3,(H,35,40)(H,37,38). The number of hydrogen-bond acceptors (Lipinski definition) is 5. The van der Waals surface area contributed by atoms with Crippen LogP contribution in [0.25, 0.3) is 0 Å². The molecular formula is C31H30F3NO6. The highest BCUT2D eigenvalue weighted by atomic mass is 19.4. The van der Waals surface area contributed by atoms with Crippen LogP contribution in [0.1, 0.15) is 81.7 Å². The number of ether oxygens (including phenoxy) is 1. The maximum atomic E-state index is 13.6. The minimum atomic E-state index is -4.95. The molecule has 0 heterocycles. The summed E-state index contributed by atoms with van der Waals surface area (Å²) in [4.78, 5) is 49.9. The molecule has 0 aromatic heterocycles. The molecule has 0 aliphatic heterocycles. The summed E-state index contributed by atoms with van der Waals surface area (Å²) in [6.07, 6.45) is -5.48. The Labute approximate surface area is 235 Å². The van der Waals surface area contributed by atoms with Crippen LogP contribution in [0.2, 0.25) is 0 Å². The molecule has 0 saturated heterocycles. The number of carbonyl (C=O) groups excluding carboxylic acids is 3. The molecule has 0 spiro atoms. The minimum absolute atomic E-state index is 0.0735. The second-order valence-electron chi connectivity index (χ2n) is 10.5. The van der Waals surface area contributed by atoms with Crippen molar-refractivity contribution in [1.82, 2.24) is 5.32 Å². The lowest BCUT2D eigenvalue weighted by Gasteiger charge is -2.20. The Balaban J connectivity index is 1.91. The van der Waals surface area contributed by atoms with E-state index in [1.165, 1.54) is 36.4 Å². The quantitative estimate of drug-likeness (QED) is 0.261. The van der Waals surface area contributed by atoms with Crippen LogP contribution in [0.4, 0.5) is 13.2 Å². The topological polar surface area (TPSA) is 110 Å². The monoisotopic (exact) mass is 569 g/mol. The number of hydrogen-bond donors (Lipinski definition) is 2. The van der Waals surface area contributed by atoms with Gasteiger partial charge in [-0.05, 0) is 40.8 Å². The molecule has 1 amide bonds. The molecule has 0 fully saturated rings. The summed E-state index contributed by atoms with van der Waals surface area (Å²) in [6.45, 7) is 6.03. The van der Waals surface area contributed by atoms with E-state index in [4.69, 9.17) is 5.11 Å². The van der Waals surface area contributed by atoms with Gasteiger partial charge in [-0.3, -0.25) is 19.2 Å². The molecule has 10 heteroatoms. The maximum absolute atomic E-state index is 13.6. The van der Waals surface area contributed by atoms with Gasteiger partial charge in [-0.25, -0.2) is 0 Å². The smallest absolute Gasteiger partial charge is 0.481 e. The van der Waals surface area contributed by atoms with E-state index < -0.39 is 35.7 Å². The first-order valence-electron chi connectivity index (χ1n) is 12.8. The molecule has 0 aliphatic rings. The molecule has 3 rings (SSSR count). The molecule has 0 saturated carbocycles. The first-order valence-corrected chi connectivity index (χ1v) is 12.8. The second kappa shape index (κ2) is 12.8. The summed E-state index contributed by atoms with van der Waals surface area (Å²) in [5.74, 6) is -4.18. The van der Waals surface area contributed by atoms with Crippen molar-refractivity contribution in [3.05, 3.63) is 101 Å². The fourth-order valence-electron chi connectivity index (χ4n) is 4.12. The molecule has 0 aliphatic carbocycles. The SMILES string of the molecule is CC(C)(C)c1ccc(C(=O)CC(C(=O)c2cccc(OC(F)(F)F)c2)c2ccc(C(=O)NCCC(=O)O)cc2)cc1. The van der Waals surface area contributed by atoms with Crippen LogP contribution in [-0.4, -0.2) is 41.5 Å². The molecule has 0 radical (unpaired) electrons. The van der Waals surface area contributed by atoms with Crippen molar-refractivity contribution in [2.24, 2.45) is 0 Å². The lowest BCUT2D eigenvalue weighted by Crippen LogP contribution is -2.26. The Bertz CT molecular complexity index is 1410. The molecule has 3 aromatic rings. The van der Waals surface area contributed by atoms with E-state index in [9.17, 15) is 32.3 Å². The van der Waals surface area contributed by atoms with Crippen LogP contribution < -0.4 is 10.1 Å². The Hall–Kier alpha value is -4.47. The lowest BCUT2D eigenvalue weighted by atomic mass is 9.83. The third kappa shape index (κ3) is 9.02. The molecule has 1 atom stereocenters. The highest BCUT2D eigenvalue weighted by Crippen LogP contribution is 2.30. The van der Waals surface area contributed by atoms with E-state index >= 15 is 0 Å². The van der Waals surface area contributed by atoms with Gasteiger partial charge < -0.3 is 15.2 Å². The number of rotatable bonds is 11. The maximum Gasteiger partial charge on any atom is 0.573 e. The summed E-state index contributed by atoms with van der Waals surface area (Å²) < 4.78 is 42.3. The predicted molar refractivity (Wildman–Crippen MR) is 145 cm³/mol. The lowest BCUT2D eigenvalue weighted by molar-refractivity contribution is -0.274. The average molecular weight is 570 g/mol. The van der Waals surface area contributed by atoms with Gasteiger partial charge in [0.05, 0.1) is 12.3 Å². The van der Waals surface area contributed by atoms with E-state index in [0.29, 0.717) is 11.1 Å². The van der Waals surface area contributed by atoms with Crippen molar-refractivity contribution < 1.29 is 42.2 Å². The number of alkyl halides is 3. The molecule has 1 unspecified atom stereocenters. The van der Waals surface area contributed by atoms with Gasteiger partial charge in [0, 0.05) is 29.7 Å². The highest BCUT2D eigenvalue weighted by Gasteiger charge is 2.32. The van der Waals surface area contributed by atoms with E-state index in [2.05, 4.69) is 10.1 Å². The van der Waals surface area contributed by atoms with Crippen LogP contribution in [-0.2, 0) is 10.2 Å². The molecule has 41 heavy (non-hydrogen) atoms. The zero-order valence-electron chi connectivity index (χ0n) is 22.7. The van der Waals surface area contributed by atoms with Gasteiger partial charge in [-0.1, -0.05) is 69.3 Å². The first kappa shape index (κ1) is 31.1. The minimum Gasteiger partial charge on any atom is -0.481 e. The Morgan fingerprint density at radius 1 is 0.854 bits per heavy atom. The highest BCUT2D eigenvalue weighted by molar-refractivity contribution is 6.06. The van der Waals surface area contributed by atoms with E-state index in [1.807, 2.05) is 32.9 Å². The largest absolute Gasteiger partial charge is 0.573 e. The van der Waals surface area contributed by atoms with Gasteiger partial charge in [0.1, 0.15) is 5.75 Å². The molecule has 0 bridgehead atoms. The van der Waals surface area contributed by atoms with Crippen molar-refractivity contribution in [2.75, 3.05) is 6.54 Å². The summed E-state index contributed by atoms with van der Waals surface area (Å²) in [5.41, 5.74) is 1.75. The summed E-state index contributed by atoms with van der Waals surface area (Å²) in [7, 11) is 0. The van der Waals surface area contributed by atoms with E-state index in [-0.39, 0.29) is 41.7 Å². The number of nitrogens with one attached hydrogen (secondary N) is 1. The fraction of sp³-hybridized carbons (Fsp3) is 0.290. The molecule has 7 nitrogen and oxygen atoms in total. The third-order valence-corrected chi connectivity index (χ3v) is 6.33. The van der Waals surface area contributed by atoms with Crippen LogP contribution in [0.5, 0.6) is 5.75 Å². The van der Waals surface area contributed by atoms with Crippen LogP contribution in [0, 0.1) is 0 Å². The second-order valence-corrected chi connectivity index (χ2v) is 10.5. The number of benzene rings is 3. The number of halogens is 3. The zero-order valence-corrected chi connectivity index (χ0v) is 22.7. The number of carboxylic acid groups (broad SMARTS) is 1. The first-order chi connectivity index (χ1) is 19.1. The Morgan fingerprint density at radius 2 is 1.46 bits per heavy atom. The van der Waals surface area contributed by atoms with Crippen molar-refractivity contribution >= 4 is 23.4 Å². The Morgan fingerprint density at radius 3 is 2.02 bits per heavy atom. The normalized spacial score (nSPS) is 12.3. The number of ketones is 2. The van der Waals surface area contributed by atoms with Crippen LogP contribution >= 0.6 is 0 Å². The number of Topliss-reactive ketones (excluding diaryl/α,β-unsaturated/α-hetero) is 2. The molecule has 2 N–H and O–H groups in total. The average Bonchev–Trinajstić information content (AvgIpc) is 2.90. The van der Waals surface area contributed by atoms with Crippen molar-refractivity contribution in [1.29, 1.82) is 0 Å². The predicted octanol–water partition coefficient (Wildman–Crippen LogP) is 6.33. The van der Waals surface area contributed by atoms with Crippen LogP contribution in [0.3, 0.4) is 0 Å². The number of amides is 1. The van der Waals surface area contributed by atoms with Gasteiger partial charge >= 0.3 is 12.3 Å². The number of carbonyl (C=O) groups is 4. The third-order valence-electron chi connectivity index (χ3n) is 6.33. The van der Waals surface area contributed by atoms with E-state index in [1.54, 1.807) is 12.1 Å². The summed E-state index contributed by atoms with van der Waals surface area (Å²) in [5, 5.41) is 11.2. The molecule has 3 aromatic carbocycles. The van der Waals surface area contributed by atoms with Crippen molar-refractivity contribution in [3.8, 4) is 5.75 Å². The van der Waals surface area contributed by atoms with Gasteiger partial charge in [0.2, 0.25) is 0 Å². The summed E-state index contributed by atoms with van der Waals surface area (Å²) >= 11 is 0. The van der Waals surface area contributed by atoms with Crippen molar-refractivity contribution in [2.45, 2.75) is 51.3 Å². The van der Waals surface area contributed by atoms with E-state index in [0.717, 1.165) is 17.7 Å². The van der Waals surface area contributed by atoms with Crippen LogP contribution in [0.15, 0.2) is 72.8 Å². The molecular weight excluding hydrogens is 539 g/mol. The van der Waals surface area contributed by atoms with Crippen molar-refractivity contribution in [3.63, 3.8) is 0 Å². The van der Waals surface area contributed by atoms with Gasteiger partial charge in [0.15, 0.2) is 11.6 Å². The molecule has 216 valence electrons. The van der Waals surface area contributed by atoms with Gasteiger partial charge in [0.25, 0.3) is 5.91 Å². The zero-order chi connectivity index (χ0) is 30.4. The fourth-order valence-corrected chi connectivity index (χ4v) is 4.12. The Kier molecular flexibility index (Phi) is 9.70. The number of carboxylic acids is 1. The van der Waals surface area contributed by atoms with Gasteiger partial charge in [-0.2, -0.15) is 0 Å². The van der Waals surface area contributed by atoms with Gasteiger partial charge in [-0.15, -0.1) is 13.2 Å². The number of aliphatic carboxylic acids is 1.